The Kier molecular flexibility index (Phi) is 5.21. The molecule has 0 aliphatic carbocycles. The molecule has 0 saturated heterocycles. The Morgan fingerprint density at radius 2 is 2.29 bits per heavy atom. The van der Waals surface area contributed by atoms with E-state index in [4.69, 9.17) is 11.6 Å². The highest BCUT2D eigenvalue weighted by molar-refractivity contribution is 9.10. The fraction of sp³-hybridized carbons (Fsp3) is 0.364. The molecule has 1 unspecified atom stereocenters. The average molecular weight is 325 g/mol. The third-order valence-corrected chi connectivity index (χ3v) is 3.12. The van der Waals surface area contributed by atoms with Crippen molar-refractivity contribution in [3.05, 3.63) is 27.4 Å². The Hall–Kier alpha value is -0.810. The lowest BCUT2D eigenvalue weighted by atomic mass is 10.2. The lowest BCUT2D eigenvalue weighted by Crippen LogP contribution is -2.21. The highest BCUT2D eigenvalue weighted by Crippen LogP contribution is 2.31. The number of hydrogen-bond donors (Lipinski definition) is 1. The molecule has 94 valence electrons. The van der Waals surface area contributed by atoms with Gasteiger partial charge in [0.2, 0.25) is 0 Å². The summed E-state index contributed by atoms with van der Waals surface area (Å²) < 4.78 is 18.1. The average Bonchev–Trinajstić information content (AvgIpc) is 2.26. The molecule has 17 heavy (non-hydrogen) atoms. The van der Waals surface area contributed by atoms with Crippen molar-refractivity contribution < 1.29 is 13.9 Å². The number of anilines is 1. The number of carbonyl (C=O) groups is 1. The Bertz CT molecular complexity index is 405. The van der Waals surface area contributed by atoms with E-state index in [1.807, 2.05) is 0 Å². The van der Waals surface area contributed by atoms with Crippen molar-refractivity contribution in [2.24, 2.45) is 5.92 Å². The summed E-state index contributed by atoms with van der Waals surface area (Å²) in [5.41, 5.74) is 0.559. The number of carbonyl (C=O) groups excluding carboxylic acids is 1. The van der Waals surface area contributed by atoms with Gasteiger partial charge in [-0.25, -0.2) is 4.39 Å². The standard InChI is InChI=1S/C11H12BrClFNO2/c1-6(11(16)17-2)5-15-10-8(12)3-7(14)4-9(10)13/h3-4,6,15H,5H2,1-2H3. The van der Waals surface area contributed by atoms with E-state index >= 15 is 0 Å². The smallest absolute Gasteiger partial charge is 0.310 e. The van der Waals surface area contributed by atoms with Gasteiger partial charge in [0.05, 0.1) is 23.7 Å². The van der Waals surface area contributed by atoms with E-state index < -0.39 is 5.82 Å². The Morgan fingerprint density at radius 1 is 1.65 bits per heavy atom. The van der Waals surface area contributed by atoms with Gasteiger partial charge >= 0.3 is 5.97 Å². The predicted molar refractivity (Wildman–Crippen MR) is 68.8 cm³/mol. The molecule has 0 aromatic heterocycles. The molecule has 1 aromatic carbocycles. The highest BCUT2D eigenvalue weighted by atomic mass is 79.9. The number of esters is 1. The first-order chi connectivity index (χ1) is 7.95. The molecule has 0 aliphatic heterocycles. The van der Waals surface area contributed by atoms with E-state index in [0.29, 0.717) is 16.7 Å². The number of methoxy groups -OCH3 is 1. The number of ether oxygens (including phenoxy) is 1. The highest BCUT2D eigenvalue weighted by Gasteiger charge is 2.14. The van der Waals surface area contributed by atoms with Crippen molar-refractivity contribution in [1.82, 2.24) is 0 Å². The lowest BCUT2D eigenvalue weighted by Gasteiger charge is -2.14. The molecule has 0 heterocycles. The second kappa shape index (κ2) is 6.21. The molecule has 1 aromatic rings. The SMILES string of the molecule is COC(=O)C(C)CNc1c(Cl)cc(F)cc1Br. The molecule has 0 fully saturated rings. The number of halogens is 3. The number of hydrogen-bond acceptors (Lipinski definition) is 3. The van der Waals surface area contributed by atoms with Crippen LogP contribution in [0.15, 0.2) is 16.6 Å². The van der Waals surface area contributed by atoms with Crippen LogP contribution in [-0.2, 0) is 9.53 Å². The van der Waals surface area contributed by atoms with Gasteiger partial charge in [-0.05, 0) is 28.1 Å². The van der Waals surface area contributed by atoms with Crippen molar-refractivity contribution in [1.29, 1.82) is 0 Å². The summed E-state index contributed by atoms with van der Waals surface area (Å²) in [5.74, 6) is -1.05. The van der Waals surface area contributed by atoms with Crippen molar-refractivity contribution in [2.45, 2.75) is 6.92 Å². The molecule has 6 heteroatoms. The number of nitrogens with one attached hydrogen (secondary N) is 1. The molecule has 0 amide bonds. The van der Waals surface area contributed by atoms with Crippen molar-refractivity contribution in [2.75, 3.05) is 19.0 Å². The Labute approximate surface area is 112 Å². The van der Waals surface area contributed by atoms with Crippen LogP contribution in [0.25, 0.3) is 0 Å². The zero-order valence-electron chi connectivity index (χ0n) is 9.39. The van der Waals surface area contributed by atoms with E-state index in [0.717, 1.165) is 0 Å². The lowest BCUT2D eigenvalue weighted by molar-refractivity contribution is -0.144. The van der Waals surface area contributed by atoms with Gasteiger partial charge < -0.3 is 10.1 Å². The zero-order chi connectivity index (χ0) is 13.0. The summed E-state index contributed by atoms with van der Waals surface area (Å²) in [5, 5.41) is 3.24. The van der Waals surface area contributed by atoms with E-state index in [-0.39, 0.29) is 16.9 Å². The second-order valence-corrected chi connectivity index (χ2v) is 4.81. The first kappa shape index (κ1) is 14.3. The van der Waals surface area contributed by atoms with Gasteiger partial charge in [-0.1, -0.05) is 18.5 Å². The molecule has 1 rings (SSSR count). The zero-order valence-corrected chi connectivity index (χ0v) is 11.7. The monoisotopic (exact) mass is 323 g/mol. The van der Waals surface area contributed by atoms with E-state index in [1.54, 1.807) is 6.92 Å². The van der Waals surface area contributed by atoms with Gasteiger partial charge in [-0.15, -0.1) is 0 Å². The maximum absolute atomic E-state index is 13.0. The minimum atomic E-state index is -0.423. The summed E-state index contributed by atoms with van der Waals surface area (Å²) in [6.45, 7) is 2.08. The van der Waals surface area contributed by atoms with Crippen LogP contribution in [0.1, 0.15) is 6.92 Å². The Balaban J connectivity index is 2.73. The number of rotatable bonds is 4. The maximum Gasteiger partial charge on any atom is 0.310 e. The van der Waals surface area contributed by atoms with Crippen LogP contribution in [0.2, 0.25) is 5.02 Å². The van der Waals surface area contributed by atoms with Crippen LogP contribution < -0.4 is 5.32 Å². The maximum atomic E-state index is 13.0. The Morgan fingerprint density at radius 3 is 2.82 bits per heavy atom. The second-order valence-electron chi connectivity index (χ2n) is 3.55. The van der Waals surface area contributed by atoms with Gasteiger partial charge in [0, 0.05) is 11.0 Å². The third kappa shape index (κ3) is 3.85. The van der Waals surface area contributed by atoms with Crippen LogP contribution in [0, 0.1) is 11.7 Å². The minimum absolute atomic E-state index is 0.258. The van der Waals surface area contributed by atoms with Crippen LogP contribution in [0.5, 0.6) is 0 Å². The first-order valence-electron chi connectivity index (χ1n) is 4.92. The van der Waals surface area contributed by atoms with Gasteiger partial charge in [-0.2, -0.15) is 0 Å². The molecule has 1 N–H and O–H groups in total. The van der Waals surface area contributed by atoms with Crippen molar-refractivity contribution in [3.63, 3.8) is 0 Å². The van der Waals surface area contributed by atoms with Crippen LogP contribution in [0.3, 0.4) is 0 Å². The van der Waals surface area contributed by atoms with Crippen LogP contribution >= 0.6 is 27.5 Å². The summed E-state index contributed by atoms with van der Waals surface area (Å²) >= 11 is 9.08. The molecule has 1 atom stereocenters. The van der Waals surface area contributed by atoms with Crippen molar-refractivity contribution in [3.8, 4) is 0 Å². The molecule has 0 radical (unpaired) electrons. The van der Waals surface area contributed by atoms with Gasteiger partial charge in [0.15, 0.2) is 0 Å². The summed E-state index contributed by atoms with van der Waals surface area (Å²) in [4.78, 5) is 11.2. The molecule has 0 spiro atoms. The molecule has 0 bridgehead atoms. The predicted octanol–water partition coefficient (Wildman–Crippen LogP) is 3.46. The fourth-order valence-electron chi connectivity index (χ4n) is 1.25. The van der Waals surface area contributed by atoms with Crippen molar-refractivity contribution >= 4 is 39.2 Å². The van der Waals surface area contributed by atoms with Gasteiger partial charge in [-0.3, -0.25) is 4.79 Å². The van der Waals surface area contributed by atoms with Gasteiger partial charge in [0.25, 0.3) is 0 Å². The summed E-state index contributed by atoms with van der Waals surface area (Å²) in [6.07, 6.45) is 0. The van der Waals surface area contributed by atoms with Crippen LogP contribution in [-0.4, -0.2) is 19.6 Å². The molecule has 3 nitrogen and oxygen atoms in total. The molecule has 0 saturated carbocycles. The summed E-state index contributed by atoms with van der Waals surface area (Å²) in [6, 6.07) is 2.51. The van der Waals surface area contributed by atoms with Gasteiger partial charge in [0.1, 0.15) is 5.82 Å². The number of benzene rings is 1. The van der Waals surface area contributed by atoms with E-state index in [2.05, 4.69) is 26.0 Å². The third-order valence-electron chi connectivity index (χ3n) is 2.20. The molecule has 0 aliphatic rings. The minimum Gasteiger partial charge on any atom is -0.469 e. The first-order valence-corrected chi connectivity index (χ1v) is 6.09. The van der Waals surface area contributed by atoms with Crippen LogP contribution in [0.4, 0.5) is 10.1 Å². The molecular formula is C11H12BrClFNO2. The largest absolute Gasteiger partial charge is 0.469 e. The summed E-state index contributed by atoms with van der Waals surface area (Å²) in [7, 11) is 1.33. The topological polar surface area (TPSA) is 38.3 Å². The van der Waals surface area contributed by atoms with E-state index in [1.165, 1.54) is 19.2 Å². The van der Waals surface area contributed by atoms with E-state index in [9.17, 15) is 9.18 Å². The molecular weight excluding hydrogens is 312 g/mol. The normalized spacial score (nSPS) is 12.1. The quantitative estimate of drug-likeness (QED) is 0.862. The fourth-order valence-corrected chi connectivity index (χ4v) is 2.21.